The highest BCUT2D eigenvalue weighted by Crippen LogP contribution is 2.04. The summed E-state index contributed by atoms with van der Waals surface area (Å²) in [4.78, 5) is 14.5. The lowest BCUT2D eigenvalue weighted by atomic mass is 10.2. The van der Waals surface area contributed by atoms with Crippen molar-refractivity contribution in [1.29, 1.82) is 0 Å². The summed E-state index contributed by atoms with van der Waals surface area (Å²) < 4.78 is 1.82. The molecule has 0 unspecified atom stereocenters. The van der Waals surface area contributed by atoms with Gasteiger partial charge in [0, 0.05) is 6.54 Å². The number of imidazole rings is 1. The number of hydrogen-bond donors (Lipinski definition) is 0. The van der Waals surface area contributed by atoms with Crippen molar-refractivity contribution in [2.75, 3.05) is 0 Å². The minimum Gasteiger partial charge on any atom is -0.324 e. The Hall–Kier alpha value is -1.90. The van der Waals surface area contributed by atoms with Gasteiger partial charge in [0.15, 0.2) is 6.29 Å². The molecule has 0 bridgehead atoms. The summed E-state index contributed by atoms with van der Waals surface area (Å²) in [5.41, 5.74) is 1.77. The van der Waals surface area contributed by atoms with Gasteiger partial charge >= 0.3 is 0 Å². The number of carbonyl (C=O) groups is 1. The zero-order valence-corrected chi connectivity index (χ0v) is 7.63. The van der Waals surface area contributed by atoms with Crippen LogP contribution < -0.4 is 0 Å². The molecule has 3 nitrogen and oxygen atoms in total. The van der Waals surface area contributed by atoms with Crippen molar-refractivity contribution >= 4 is 6.29 Å². The van der Waals surface area contributed by atoms with Crippen molar-refractivity contribution in [2.24, 2.45) is 0 Å². The van der Waals surface area contributed by atoms with Crippen LogP contribution in [0.1, 0.15) is 16.1 Å². The summed E-state index contributed by atoms with van der Waals surface area (Å²) in [5, 5.41) is 0. The predicted octanol–water partition coefficient (Wildman–Crippen LogP) is 1.74. The van der Waals surface area contributed by atoms with Gasteiger partial charge in [0.1, 0.15) is 5.69 Å². The maximum absolute atomic E-state index is 10.6. The lowest BCUT2D eigenvalue weighted by Gasteiger charge is -2.03. The molecule has 2 rings (SSSR count). The SMILES string of the molecule is O=Cc1cn[14cH]n1Cc1ccccc1. The number of carbonyl (C=O) groups excluding carboxylic acids is 1. The summed E-state index contributed by atoms with van der Waals surface area (Å²) in [7, 11) is 0. The number of rotatable bonds is 3. The smallest absolute Gasteiger partial charge is 0.168 e. The van der Waals surface area contributed by atoms with Crippen LogP contribution in [0, 0.1) is 0 Å². The maximum Gasteiger partial charge on any atom is 0.168 e. The molecule has 0 fully saturated rings. The fraction of sp³-hybridized carbons (Fsp3) is 0.0909. The Labute approximate surface area is 82.0 Å². The average Bonchev–Trinajstić information content (AvgIpc) is 2.67. The van der Waals surface area contributed by atoms with Crippen LogP contribution in [-0.2, 0) is 6.54 Å². The van der Waals surface area contributed by atoms with Crippen LogP contribution in [0.2, 0.25) is 0 Å². The van der Waals surface area contributed by atoms with E-state index >= 15 is 0 Å². The summed E-state index contributed by atoms with van der Waals surface area (Å²) in [5.74, 6) is 0. The maximum atomic E-state index is 10.6. The fourth-order valence-electron chi connectivity index (χ4n) is 1.34. The molecular weight excluding hydrogens is 178 g/mol. The second kappa shape index (κ2) is 3.87. The molecule has 0 saturated carbocycles. The quantitative estimate of drug-likeness (QED) is 0.688. The largest absolute Gasteiger partial charge is 0.324 e. The summed E-state index contributed by atoms with van der Waals surface area (Å²) in [6, 6.07) is 9.97. The number of hydrogen-bond acceptors (Lipinski definition) is 2. The Morgan fingerprint density at radius 1 is 1.36 bits per heavy atom. The van der Waals surface area contributed by atoms with Crippen LogP contribution in [0.5, 0.6) is 0 Å². The van der Waals surface area contributed by atoms with E-state index in [1.54, 1.807) is 12.5 Å². The predicted molar refractivity (Wildman–Crippen MR) is 53.2 cm³/mol. The third-order valence-corrected chi connectivity index (χ3v) is 2.06. The molecule has 2 aromatic rings. The van der Waals surface area contributed by atoms with Gasteiger partial charge in [-0.3, -0.25) is 4.79 Å². The van der Waals surface area contributed by atoms with Gasteiger partial charge in [-0.25, -0.2) is 4.98 Å². The molecule has 0 N–H and O–H groups in total. The molecule has 0 amide bonds. The molecule has 0 aliphatic carbocycles. The topological polar surface area (TPSA) is 34.9 Å². The van der Waals surface area contributed by atoms with E-state index in [2.05, 4.69) is 4.98 Å². The molecule has 0 aliphatic heterocycles. The van der Waals surface area contributed by atoms with Crippen LogP contribution in [0.15, 0.2) is 42.9 Å². The Morgan fingerprint density at radius 2 is 2.14 bits per heavy atom. The number of aldehydes is 1. The van der Waals surface area contributed by atoms with E-state index in [0.717, 1.165) is 11.8 Å². The summed E-state index contributed by atoms with van der Waals surface area (Å²) in [6.07, 6.45) is 4.04. The molecule has 3 heteroatoms. The van der Waals surface area contributed by atoms with Gasteiger partial charge in [-0.05, 0) is 5.56 Å². The van der Waals surface area contributed by atoms with E-state index in [4.69, 9.17) is 0 Å². The van der Waals surface area contributed by atoms with Crippen LogP contribution in [-0.4, -0.2) is 15.8 Å². The van der Waals surface area contributed by atoms with E-state index in [-0.39, 0.29) is 0 Å². The van der Waals surface area contributed by atoms with E-state index in [0.29, 0.717) is 12.2 Å². The minimum atomic E-state index is 0.605. The number of benzene rings is 1. The van der Waals surface area contributed by atoms with Crippen molar-refractivity contribution in [1.82, 2.24) is 9.55 Å². The van der Waals surface area contributed by atoms with Crippen molar-refractivity contribution in [3.8, 4) is 0 Å². The second-order valence-electron chi connectivity index (χ2n) is 3.05. The highest BCUT2D eigenvalue weighted by atomic mass is 16.1. The molecule has 0 saturated heterocycles. The standard InChI is InChI=1S/C11H10N2O/c14-8-11-6-12-9-13(11)7-10-4-2-1-3-5-10/h1-6,8-9H,7H2/i9+2. The molecular formula is C11H10N2O. The number of aromatic nitrogens is 2. The molecule has 14 heavy (non-hydrogen) atoms. The summed E-state index contributed by atoms with van der Waals surface area (Å²) >= 11 is 0. The lowest BCUT2D eigenvalue weighted by molar-refractivity contribution is 0.111. The Kier molecular flexibility index (Phi) is 2.40. The van der Waals surface area contributed by atoms with Gasteiger partial charge in [-0.15, -0.1) is 0 Å². The first-order chi connectivity index (χ1) is 6.90. The highest BCUT2D eigenvalue weighted by molar-refractivity contribution is 5.71. The third-order valence-electron chi connectivity index (χ3n) is 2.06. The monoisotopic (exact) mass is 188 g/mol. The van der Waals surface area contributed by atoms with Gasteiger partial charge in [0.05, 0.1) is 12.5 Å². The molecule has 70 valence electrons. The highest BCUT2D eigenvalue weighted by Gasteiger charge is 2.00. The van der Waals surface area contributed by atoms with Crippen molar-refractivity contribution < 1.29 is 4.79 Å². The van der Waals surface area contributed by atoms with E-state index in [1.165, 1.54) is 0 Å². The van der Waals surface area contributed by atoms with Crippen LogP contribution in [0.3, 0.4) is 0 Å². The molecule has 0 radical (unpaired) electrons. The first kappa shape index (κ1) is 8.69. The van der Waals surface area contributed by atoms with E-state index in [9.17, 15) is 4.79 Å². The molecule has 1 aromatic heterocycles. The Morgan fingerprint density at radius 3 is 2.86 bits per heavy atom. The van der Waals surface area contributed by atoms with Gasteiger partial charge in [-0.2, -0.15) is 0 Å². The van der Waals surface area contributed by atoms with Crippen LogP contribution >= 0.6 is 0 Å². The van der Waals surface area contributed by atoms with Crippen molar-refractivity contribution in [3.63, 3.8) is 0 Å². The first-order valence-corrected chi connectivity index (χ1v) is 4.39. The van der Waals surface area contributed by atoms with Gasteiger partial charge < -0.3 is 4.57 Å². The fourth-order valence-corrected chi connectivity index (χ4v) is 1.34. The van der Waals surface area contributed by atoms with E-state index < -0.39 is 0 Å². The third kappa shape index (κ3) is 1.71. The van der Waals surface area contributed by atoms with Gasteiger partial charge in [-0.1, -0.05) is 30.3 Å². The van der Waals surface area contributed by atoms with Gasteiger partial charge in [0.25, 0.3) is 0 Å². The number of nitrogens with zero attached hydrogens (tertiary/aromatic N) is 2. The Bertz CT molecular complexity index is 420. The second-order valence-corrected chi connectivity index (χ2v) is 3.05. The molecule has 0 aliphatic rings. The van der Waals surface area contributed by atoms with Crippen molar-refractivity contribution in [2.45, 2.75) is 6.54 Å². The Balaban J connectivity index is 2.23. The van der Waals surface area contributed by atoms with Crippen molar-refractivity contribution in [3.05, 3.63) is 54.1 Å². The van der Waals surface area contributed by atoms with E-state index in [1.807, 2.05) is 34.9 Å². The zero-order chi connectivity index (χ0) is 9.80. The first-order valence-electron chi connectivity index (χ1n) is 4.39. The molecule has 1 heterocycles. The minimum absolute atomic E-state index is 0.605. The van der Waals surface area contributed by atoms with Gasteiger partial charge in [0.2, 0.25) is 0 Å². The normalized spacial score (nSPS) is 10.0. The summed E-state index contributed by atoms with van der Waals surface area (Å²) in [6.45, 7) is 0.689. The molecule has 0 spiro atoms. The van der Waals surface area contributed by atoms with Crippen LogP contribution in [0.4, 0.5) is 0 Å². The lowest BCUT2D eigenvalue weighted by Crippen LogP contribution is -2.01. The zero-order valence-electron chi connectivity index (χ0n) is 7.63. The molecule has 1 aromatic carbocycles. The van der Waals surface area contributed by atoms with Crippen LogP contribution in [0.25, 0.3) is 0 Å². The molecule has 0 atom stereocenters. The average molecular weight is 188 g/mol.